The Kier molecular flexibility index (Phi) is 17.7. The van der Waals surface area contributed by atoms with Gasteiger partial charge in [-0.2, -0.15) is 4.72 Å². The van der Waals surface area contributed by atoms with Crippen LogP contribution in [0.25, 0.3) is 16.9 Å². The van der Waals surface area contributed by atoms with Crippen molar-refractivity contribution in [1.29, 1.82) is 0 Å². The Morgan fingerprint density at radius 2 is 1.63 bits per heavy atom. The van der Waals surface area contributed by atoms with Gasteiger partial charge in [-0.25, -0.2) is 13.1 Å². The monoisotopic (exact) mass is 880 g/mol. The smallest absolute Gasteiger partial charge is 0.321 e. The van der Waals surface area contributed by atoms with E-state index in [4.69, 9.17) is 11.5 Å². The van der Waals surface area contributed by atoms with E-state index in [1.165, 1.54) is 36.2 Å². The first kappa shape index (κ1) is 48.9. The molecule has 0 aliphatic carbocycles. The minimum Gasteiger partial charge on any atom is -0.480 e. The summed E-state index contributed by atoms with van der Waals surface area (Å²) in [7, 11) is -2.86. The number of carboxylic acids is 1. The van der Waals surface area contributed by atoms with Crippen LogP contribution in [0.15, 0.2) is 65.7 Å². The standard InChI is InChI=1S/C42H60N10O9S/c1-6-27(4)38(41(57)51-22-10-13-30(51)24-36(44)53)50(5)40(56)34(23-26(2)3)46-39(55)32(20-21-43)45-37(54)19-18-33(42(58)59)48-62(60,61)31-16-14-28(15-17-31)35-25-52(49-47-35)29-11-8-7-9-12-29/h7-9,11-12,14-17,25-27,30,32-34,38,48H,6,10,13,18-24,43H2,1-5H3,(H2,44,53)(H,45,54)(H,46,55)(H,58,59)/t27-,30-,32-,33+,34-,38-/m0/s1. The molecule has 0 radical (unpaired) electrons. The number of rotatable bonds is 23. The second-order valence-corrected chi connectivity index (χ2v) is 17.8. The molecule has 1 fully saturated rings. The average molecular weight is 881 g/mol. The van der Waals surface area contributed by atoms with Crippen LogP contribution in [-0.4, -0.2) is 124 Å². The molecular formula is C42H60N10O9S. The van der Waals surface area contributed by atoms with Crippen LogP contribution >= 0.6 is 0 Å². The van der Waals surface area contributed by atoms with E-state index in [1.807, 2.05) is 58.0 Å². The molecule has 0 bridgehead atoms. The average Bonchev–Trinajstić information content (AvgIpc) is 3.92. The predicted octanol–water partition coefficient (Wildman–Crippen LogP) is 1.55. The molecule has 0 saturated carbocycles. The highest BCUT2D eigenvalue weighted by atomic mass is 32.2. The Hall–Kier alpha value is -5.73. The third kappa shape index (κ3) is 13.1. The lowest BCUT2D eigenvalue weighted by Crippen LogP contribution is -2.59. The molecule has 4 rings (SSSR count). The van der Waals surface area contributed by atoms with Gasteiger partial charge < -0.3 is 37.0 Å². The maximum atomic E-state index is 14.2. The Morgan fingerprint density at radius 1 is 0.952 bits per heavy atom. The number of hydrogen-bond acceptors (Lipinski definition) is 11. The molecule has 62 heavy (non-hydrogen) atoms. The maximum absolute atomic E-state index is 14.2. The molecule has 0 spiro atoms. The number of primary amides is 1. The van der Waals surface area contributed by atoms with Crippen LogP contribution in [0.4, 0.5) is 0 Å². The number of likely N-dealkylation sites (tertiary alicyclic amines) is 1. The van der Waals surface area contributed by atoms with E-state index < -0.39 is 76.6 Å². The van der Waals surface area contributed by atoms with E-state index in [2.05, 4.69) is 25.7 Å². The van der Waals surface area contributed by atoms with Gasteiger partial charge in [-0.05, 0) is 74.8 Å². The first-order valence-electron chi connectivity index (χ1n) is 20.8. The van der Waals surface area contributed by atoms with Crippen molar-refractivity contribution < 1.29 is 42.3 Å². The van der Waals surface area contributed by atoms with Crippen molar-refractivity contribution in [3.05, 3.63) is 60.8 Å². The molecule has 19 nitrogen and oxygen atoms in total. The lowest BCUT2D eigenvalue weighted by atomic mass is 9.94. The zero-order valence-corrected chi connectivity index (χ0v) is 36.7. The van der Waals surface area contributed by atoms with Crippen molar-refractivity contribution >= 4 is 45.5 Å². The van der Waals surface area contributed by atoms with Crippen molar-refractivity contribution in [3.63, 3.8) is 0 Å². The predicted molar refractivity (Wildman–Crippen MR) is 229 cm³/mol. The quantitative estimate of drug-likeness (QED) is 0.0792. The van der Waals surface area contributed by atoms with E-state index in [-0.39, 0.29) is 54.5 Å². The van der Waals surface area contributed by atoms with Crippen LogP contribution in [0.3, 0.4) is 0 Å². The molecule has 6 atom stereocenters. The number of amides is 5. The lowest BCUT2D eigenvalue weighted by Gasteiger charge is -2.38. The first-order valence-corrected chi connectivity index (χ1v) is 22.3. The van der Waals surface area contributed by atoms with Gasteiger partial charge in [-0.3, -0.25) is 28.8 Å². The second-order valence-electron chi connectivity index (χ2n) is 16.1. The molecule has 20 heteroatoms. The number of carboxylic acid groups (broad SMARTS) is 1. The van der Waals surface area contributed by atoms with Crippen molar-refractivity contribution in [3.8, 4) is 16.9 Å². The number of aromatic nitrogens is 3. The van der Waals surface area contributed by atoms with Crippen LogP contribution < -0.4 is 26.8 Å². The highest BCUT2D eigenvalue weighted by Crippen LogP contribution is 2.26. The van der Waals surface area contributed by atoms with Crippen LogP contribution in [0.5, 0.6) is 0 Å². The van der Waals surface area contributed by atoms with Gasteiger partial charge in [0.2, 0.25) is 39.6 Å². The molecule has 3 aromatic rings. The summed E-state index contributed by atoms with van der Waals surface area (Å²) in [6.45, 7) is 7.88. The van der Waals surface area contributed by atoms with Crippen molar-refractivity contribution in [2.75, 3.05) is 20.1 Å². The highest BCUT2D eigenvalue weighted by molar-refractivity contribution is 7.89. The molecule has 1 saturated heterocycles. The Balaban J connectivity index is 1.40. The molecule has 1 aliphatic rings. The normalized spacial score (nSPS) is 16.5. The molecule has 0 unspecified atom stereocenters. The number of carbonyl (C=O) groups is 6. The summed E-state index contributed by atoms with van der Waals surface area (Å²) in [6.07, 6.45) is 2.80. The SMILES string of the molecule is CC[C@H](C)[C@@H](C(=O)N1CCC[C@H]1CC(N)=O)N(C)C(=O)[C@H](CC(C)C)NC(=O)[C@H](CCN)NC(=O)CC[C@@H](NS(=O)(=O)c1ccc(-c2cn(-c3ccccc3)nn2)cc1)C(=O)O. The molecule has 2 heterocycles. The fraction of sp³-hybridized carbons (Fsp3) is 0.524. The van der Waals surface area contributed by atoms with E-state index in [1.54, 1.807) is 15.8 Å². The van der Waals surface area contributed by atoms with Crippen LogP contribution in [0.2, 0.25) is 0 Å². The first-order chi connectivity index (χ1) is 29.4. The molecule has 338 valence electrons. The van der Waals surface area contributed by atoms with Crippen molar-refractivity contribution in [2.45, 2.75) is 114 Å². The summed E-state index contributed by atoms with van der Waals surface area (Å²) in [6, 6.07) is 9.62. The van der Waals surface area contributed by atoms with Crippen LogP contribution in [-0.2, 0) is 38.8 Å². The number of nitrogens with two attached hydrogens (primary N) is 2. The van der Waals surface area contributed by atoms with Gasteiger partial charge in [-0.1, -0.05) is 69.7 Å². The minimum absolute atomic E-state index is 0.0152. The van der Waals surface area contributed by atoms with Crippen molar-refractivity contribution in [1.82, 2.24) is 40.1 Å². The molecule has 2 aromatic carbocycles. The fourth-order valence-corrected chi connectivity index (χ4v) is 8.70. The number of aliphatic carboxylic acids is 1. The molecular weight excluding hydrogens is 821 g/mol. The molecule has 5 amide bonds. The van der Waals surface area contributed by atoms with Gasteiger partial charge in [0.05, 0.1) is 16.8 Å². The number of sulfonamides is 1. The number of nitrogens with zero attached hydrogens (tertiary/aromatic N) is 5. The number of para-hydroxylation sites is 1. The number of hydrogen-bond donors (Lipinski definition) is 6. The summed E-state index contributed by atoms with van der Waals surface area (Å²) in [5.74, 6) is -4.68. The number of likely N-dealkylation sites (N-methyl/N-ethyl adjacent to an activating group) is 1. The summed E-state index contributed by atoms with van der Waals surface area (Å²) in [5.41, 5.74) is 13.1. The highest BCUT2D eigenvalue weighted by Gasteiger charge is 2.41. The van der Waals surface area contributed by atoms with E-state index in [9.17, 15) is 42.3 Å². The second kappa shape index (κ2) is 22.4. The van der Waals surface area contributed by atoms with E-state index >= 15 is 0 Å². The van der Waals surface area contributed by atoms with E-state index in [0.29, 0.717) is 37.1 Å². The Morgan fingerprint density at radius 3 is 2.23 bits per heavy atom. The third-order valence-corrected chi connectivity index (χ3v) is 12.4. The van der Waals surface area contributed by atoms with Crippen molar-refractivity contribution in [2.24, 2.45) is 23.3 Å². The summed E-state index contributed by atoms with van der Waals surface area (Å²) >= 11 is 0. The number of nitrogens with one attached hydrogen (secondary N) is 3. The maximum Gasteiger partial charge on any atom is 0.321 e. The zero-order chi connectivity index (χ0) is 45.7. The Labute approximate surface area is 362 Å². The van der Waals surface area contributed by atoms with Gasteiger partial charge in [0.1, 0.15) is 29.9 Å². The van der Waals surface area contributed by atoms with E-state index in [0.717, 1.165) is 5.69 Å². The van der Waals surface area contributed by atoms with Gasteiger partial charge in [0.25, 0.3) is 0 Å². The molecule has 1 aliphatic heterocycles. The Bertz CT molecular complexity index is 2130. The fourth-order valence-electron chi connectivity index (χ4n) is 7.48. The summed E-state index contributed by atoms with van der Waals surface area (Å²) < 4.78 is 30.3. The largest absolute Gasteiger partial charge is 0.480 e. The topological polar surface area (TPSA) is 282 Å². The summed E-state index contributed by atoms with van der Waals surface area (Å²) in [5, 5.41) is 23.5. The van der Waals surface area contributed by atoms with Gasteiger partial charge in [0.15, 0.2) is 0 Å². The van der Waals surface area contributed by atoms with Gasteiger partial charge in [0, 0.05) is 38.0 Å². The van der Waals surface area contributed by atoms with Gasteiger partial charge >= 0.3 is 5.97 Å². The van der Waals surface area contributed by atoms with Crippen LogP contribution in [0.1, 0.15) is 79.1 Å². The lowest BCUT2D eigenvalue weighted by molar-refractivity contribution is -0.149. The molecule has 8 N–H and O–H groups in total. The van der Waals surface area contributed by atoms with Crippen LogP contribution in [0, 0.1) is 11.8 Å². The molecule has 1 aromatic heterocycles. The number of benzene rings is 2. The minimum atomic E-state index is -4.37. The van der Waals surface area contributed by atoms with Gasteiger partial charge in [-0.15, -0.1) is 5.10 Å². The third-order valence-electron chi connectivity index (χ3n) is 11.0. The zero-order valence-electron chi connectivity index (χ0n) is 35.9. The number of carbonyl (C=O) groups excluding carboxylic acids is 5. The summed E-state index contributed by atoms with van der Waals surface area (Å²) in [4.78, 5) is 81.8.